The lowest BCUT2D eigenvalue weighted by molar-refractivity contribution is -0.137. The highest BCUT2D eigenvalue weighted by molar-refractivity contribution is 9.10. The summed E-state index contributed by atoms with van der Waals surface area (Å²) in [5, 5.41) is 0. The van der Waals surface area contributed by atoms with Gasteiger partial charge in [-0.3, -0.25) is 4.79 Å². The SMILES string of the molecule is CC(Oc1cccc(Br)c1)C(=O)N1CCCN(C(=O)OC(C)(C)C)CC1. The van der Waals surface area contributed by atoms with Gasteiger partial charge in [-0.25, -0.2) is 4.79 Å². The Morgan fingerprint density at radius 3 is 2.42 bits per heavy atom. The van der Waals surface area contributed by atoms with Crippen LogP contribution >= 0.6 is 15.9 Å². The molecule has 1 unspecified atom stereocenters. The predicted molar refractivity (Wildman–Crippen MR) is 103 cm³/mol. The third-order valence-electron chi connectivity index (χ3n) is 3.92. The smallest absolute Gasteiger partial charge is 0.410 e. The van der Waals surface area contributed by atoms with E-state index in [1.165, 1.54) is 0 Å². The zero-order valence-electron chi connectivity index (χ0n) is 15.8. The lowest BCUT2D eigenvalue weighted by Gasteiger charge is -2.27. The highest BCUT2D eigenvalue weighted by atomic mass is 79.9. The Balaban J connectivity index is 1.91. The molecule has 0 aliphatic carbocycles. The maximum absolute atomic E-state index is 12.7. The van der Waals surface area contributed by atoms with Crippen LogP contribution < -0.4 is 4.74 Å². The van der Waals surface area contributed by atoms with Crippen molar-refractivity contribution in [1.82, 2.24) is 9.80 Å². The summed E-state index contributed by atoms with van der Waals surface area (Å²) in [5.74, 6) is 0.571. The molecule has 0 bridgehead atoms. The van der Waals surface area contributed by atoms with Crippen LogP contribution in [-0.4, -0.2) is 59.7 Å². The summed E-state index contributed by atoms with van der Waals surface area (Å²) in [6.45, 7) is 9.41. The van der Waals surface area contributed by atoms with Gasteiger partial charge in [0.1, 0.15) is 11.4 Å². The van der Waals surface area contributed by atoms with E-state index in [0.717, 1.165) is 4.47 Å². The van der Waals surface area contributed by atoms with Gasteiger partial charge in [-0.1, -0.05) is 22.0 Å². The number of halogens is 1. The van der Waals surface area contributed by atoms with E-state index in [1.54, 1.807) is 16.7 Å². The van der Waals surface area contributed by atoms with Crippen molar-refractivity contribution >= 4 is 27.9 Å². The summed E-state index contributed by atoms with van der Waals surface area (Å²) in [6, 6.07) is 7.41. The van der Waals surface area contributed by atoms with Gasteiger partial charge < -0.3 is 19.3 Å². The topological polar surface area (TPSA) is 59.1 Å². The predicted octanol–water partition coefficient (Wildman–Crippen LogP) is 3.69. The molecule has 1 heterocycles. The van der Waals surface area contributed by atoms with Crippen molar-refractivity contribution in [3.63, 3.8) is 0 Å². The average molecular weight is 427 g/mol. The number of ether oxygens (including phenoxy) is 2. The van der Waals surface area contributed by atoms with E-state index >= 15 is 0 Å². The van der Waals surface area contributed by atoms with Crippen LogP contribution in [-0.2, 0) is 9.53 Å². The maximum atomic E-state index is 12.7. The van der Waals surface area contributed by atoms with Crippen molar-refractivity contribution in [2.45, 2.75) is 45.8 Å². The zero-order chi connectivity index (χ0) is 19.3. The molecule has 0 radical (unpaired) electrons. The molecule has 1 fully saturated rings. The first-order chi connectivity index (χ1) is 12.2. The van der Waals surface area contributed by atoms with Crippen molar-refractivity contribution in [2.75, 3.05) is 26.2 Å². The Bertz CT molecular complexity index is 645. The second kappa shape index (κ2) is 8.75. The van der Waals surface area contributed by atoms with Gasteiger partial charge in [-0.05, 0) is 52.3 Å². The van der Waals surface area contributed by atoms with Gasteiger partial charge in [0.2, 0.25) is 0 Å². The molecular formula is C19H27BrN2O4. The van der Waals surface area contributed by atoms with E-state index in [1.807, 2.05) is 45.0 Å². The molecule has 0 N–H and O–H groups in total. The quantitative estimate of drug-likeness (QED) is 0.739. The van der Waals surface area contributed by atoms with Gasteiger partial charge in [0.05, 0.1) is 0 Å². The summed E-state index contributed by atoms with van der Waals surface area (Å²) in [7, 11) is 0. The second-order valence-electron chi connectivity index (χ2n) is 7.36. The van der Waals surface area contributed by atoms with Crippen molar-refractivity contribution < 1.29 is 19.1 Å². The molecule has 2 rings (SSSR count). The summed E-state index contributed by atoms with van der Waals surface area (Å²) in [6.07, 6.45) is -0.197. The largest absolute Gasteiger partial charge is 0.481 e. The first-order valence-corrected chi connectivity index (χ1v) is 9.64. The molecule has 6 nitrogen and oxygen atoms in total. The number of carbonyl (C=O) groups is 2. The van der Waals surface area contributed by atoms with Crippen LogP contribution in [0.2, 0.25) is 0 Å². The highest BCUT2D eigenvalue weighted by Crippen LogP contribution is 2.20. The molecule has 7 heteroatoms. The molecule has 26 heavy (non-hydrogen) atoms. The van der Waals surface area contributed by atoms with Crippen molar-refractivity contribution in [3.8, 4) is 5.75 Å². The third kappa shape index (κ3) is 6.20. The van der Waals surface area contributed by atoms with Crippen LogP contribution in [0.25, 0.3) is 0 Å². The standard InChI is InChI=1S/C19H27BrN2O4/c1-14(25-16-8-5-7-15(20)13-16)17(23)21-9-6-10-22(12-11-21)18(24)26-19(2,3)4/h5,7-8,13-14H,6,9-12H2,1-4H3. The van der Waals surface area contributed by atoms with Gasteiger partial charge >= 0.3 is 6.09 Å². The van der Waals surface area contributed by atoms with E-state index < -0.39 is 11.7 Å². The zero-order valence-corrected chi connectivity index (χ0v) is 17.4. The van der Waals surface area contributed by atoms with Crippen molar-refractivity contribution in [1.29, 1.82) is 0 Å². The minimum Gasteiger partial charge on any atom is -0.481 e. The number of hydrogen-bond acceptors (Lipinski definition) is 4. The molecule has 0 spiro atoms. The van der Waals surface area contributed by atoms with Crippen LogP contribution in [0, 0.1) is 0 Å². The van der Waals surface area contributed by atoms with Gasteiger partial charge in [0, 0.05) is 30.7 Å². The summed E-state index contributed by atoms with van der Waals surface area (Å²) in [5.41, 5.74) is -0.523. The Morgan fingerprint density at radius 1 is 1.12 bits per heavy atom. The highest BCUT2D eigenvalue weighted by Gasteiger charge is 2.28. The molecule has 0 aromatic heterocycles. The van der Waals surface area contributed by atoms with Crippen LogP contribution in [0.5, 0.6) is 5.75 Å². The average Bonchev–Trinajstić information content (AvgIpc) is 2.78. The normalized spacial score (nSPS) is 16.7. The fourth-order valence-electron chi connectivity index (χ4n) is 2.70. The Morgan fingerprint density at radius 2 is 1.77 bits per heavy atom. The van der Waals surface area contributed by atoms with Crippen molar-refractivity contribution in [2.24, 2.45) is 0 Å². The van der Waals surface area contributed by atoms with E-state index in [2.05, 4.69) is 15.9 Å². The Hall–Kier alpha value is -1.76. The van der Waals surface area contributed by atoms with Gasteiger partial charge in [0.15, 0.2) is 6.10 Å². The maximum Gasteiger partial charge on any atom is 0.410 e. The Labute approximate surface area is 163 Å². The fraction of sp³-hybridized carbons (Fsp3) is 0.579. The monoisotopic (exact) mass is 426 g/mol. The van der Waals surface area contributed by atoms with E-state index in [9.17, 15) is 9.59 Å². The van der Waals surface area contributed by atoms with Gasteiger partial charge in [-0.15, -0.1) is 0 Å². The minimum absolute atomic E-state index is 0.0731. The van der Waals surface area contributed by atoms with Crippen molar-refractivity contribution in [3.05, 3.63) is 28.7 Å². The van der Waals surface area contributed by atoms with Crippen LogP contribution in [0.3, 0.4) is 0 Å². The summed E-state index contributed by atoms with van der Waals surface area (Å²) in [4.78, 5) is 28.3. The lowest BCUT2D eigenvalue weighted by Crippen LogP contribution is -2.43. The number of amides is 2. The van der Waals surface area contributed by atoms with Crippen LogP contribution in [0.15, 0.2) is 28.7 Å². The number of benzene rings is 1. The van der Waals surface area contributed by atoms with Gasteiger partial charge in [0.25, 0.3) is 5.91 Å². The number of hydrogen-bond donors (Lipinski definition) is 0. The third-order valence-corrected chi connectivity index (χ3v) is 4.41. The summed E-state index contributed by atoms with van der Waals surface area (Å²) >= 11 is 3.39. The molecule has 144 valence electrons. The lowest BCUT2D eigenvalue weighted by atomic mass is 10.2. The van der Waals surface area contributed by atoms with Crippen LogP contribution in [0.1, 0.15) is 34.1 Å². The molecule has 0 saturated carbocycles. The number of nitrogens with zero attached hydrogens (tertiary/aromatic N) is 2. The first kappa shape index (κ1) is 20.6. The van der Waals surface area contributed by atoms with Crippen LogP contribution in [0.4, 0.5) is 4.79 Å². The second-order valence-corrected chi connectivity index (χ2v) is 8.28. The number of rotatable bonds is 3. The minimum atomic E-state index is -0.586. The molecular weight excluding hydrogens is 400 g/mol. The molecule has 1 aliphatic heterocycles. The van der Waals surface area contributed by atoms with Gasteiger partial charge in [-0.2, -0.15) is 0 Å². The summed E-state index contributed by atoms with van der Waals surface area (Å²) < 4.78 is 12.1. The van der Waals surface area contributed by atoms with E-state index in [4.69, 9.17) is 9.47 Å². The first-order valence-electron chi connectivity index (χ1n) is 8.84. The fourth-order valence-corrected chi connectivity index (χ4v) is 3.08. The Kier molecular flexibility index (Phi) is 6.92. The molecule has 1 aromatic rings. The molecule has 1 saturated heterocycles. The van der Waals surface area contributed by atoms with E-state index in [-0.39, 0.29) is 12.0 Å². The molecule has 2 amide bonds. The molecule has 1 aromatic carbocycles. The number of carbonyl (C=O) groups excluding carboxylic acids is 2. The molecule has 1 aliphatic rings. The molecule has 1 atom stereocenters. The van der Waals surface area contributed by atoms with E-state index in [0.29, 0.717) is 38.3 Å².